The van der Waals surface area contributed by atoms with Crippen LogP contribution in [0.5, 0.6) is 0 Å². The lowest BCUT2D eigenvalue weighted by molar-refractivity contribution is -0.176. The topological polar surface area (TPSA) is 186 Å². The molecule has 0 aromatic heterocycles. The Morgan fingerprint density at radius 2 is 0.724 bits per heavy atom. The average molecular weight is 497 g/mol. The molecule has 0 rings (SSSR count). The molecule has 0 saturated heterocycles. The molecule has 0 saturated carbocycles. The first-order chi connectivity index (χ1) is 13.3. The van der Waals surface area contributed by atoms with Crippen LogP contribution in [-0.2, 0) is 38.1 Å². The number of rotatable bonds is 12. The molecule has 4 unspecified atom stereocenters. The molecule has 0 aliphatic heterocycles. The maximum absolute atomic E-state index is 11.5. The van der Waals surface area contributed by atoms with Crippen LogP contribution in [-0.4, -0.2) is 92.5 Å². The second-order valence-electron chi connectivity index (χ2n) is 5.43. The van der Waals surface area contributed by atoms with Gasteiger partial charge in [-0.25, -0.2) is 19.2 Å². The third kappa shape index (κ3) is 11.2. The summed E-state index contributed by atoms with van der Waals surface area (Å²) in [7, 11) is 0. The van der Waals surface area contributed by atoms with Crippen LogP contribution in [0.1, 0.15) is 0 Å². The highest BCUT2D eigenvalue weighted by Crippen LogP contribution is 2.23. The van der Waals surface area contributed by atoms with Gasteiger partial charge in [0.05, 0.1) is 0 Å². The maximum Gasteiger partial charge on any atom is 0.345 e. The molecule has 0 aromatic rings. The number of aliphatic hydroxyl groups excluding tert-OH is 4. The van der Waals surface area contributed by atoms with E-state index in [1.165, 1.54) is 0 Å². The first-order valence-electron chi connectivity index (χ1n) is 7.42. The third-order valence-corrected chi connectivity index (χ3v) is 3.77. The Labute approximate surface area is 186 Å². The van der Waals surface area contributed by atoms with Crippen molar-refractivity contribution in [3.63, 3.8) is 0 Å². The molecule has 0 aromatic carbocycles. The van der Waals surface area contributed by atoms with Gasteiger partial charge in [0.25, 0.3) is 0 Å². The third-order valence-electron chi connectivity index (χ3n) is 2.93. The van der Waals surface area contributed by atoms with E-state index >= 15 is 0 Å². The average Bonchev–Trinajstić information content (AvgIpc) is 2.64. The minimum Gasteiger partial charge on any atom is -0.462 e. The van der Waals surface area contributed by atoms with E-state index in [0.717, 1.165) is 0 Å². The number of hydrogen-bond acceptors (Lipinski definition) is 16. The van der Waals surface area contributed by atoms with Crippen molar-refractivity contribution < 1.29 is 58.6 Å². The van der Waals surface area contributed by atoms with E-state index < -0.39 is 77.5 Å². The van der Waals surface area contributed by atoms with Gasteiger partial charge in [-0.05, 0) is 0 Å². The number of carbonyl (C=O) groups is 4. The van der Waals surface area contributed by atoms with Crippen molar-refractivity contribution in [2.24, 2.45) is 5.41 Å². The summed E-state index contributed by atoms with van der Waals surface area (Å²) in [5.41, 5.74) is -9.12. The lowest BCUT2D eigenvalue weighted by atomic mass is 9.92. The zero-order chi connectivity index (χ0) is 22.8. The van der Waals surface area contributed by atoms with Crippen molar-refractivity contribution in [2.75, 3.05) is 26.4 Å². The summed E-state index contributed by atoms with van der Waals surface area (Å²) in [6, 6.07) is 0. The number of thiol groups is 4. The Kier molecular flexibility index (Phi) is 13.0. The summed E-state index contributed by atoms with van der Waals surface area (Å²) in [6.07, 6.45) is 0. The fourth-order valence-electron chi connectivity index (χ4n) is 1.45. The molecular formula is C13H20O12S4. The quantitative estimate of drug-likeness (QED) is 0.0599. The van der Waals surface area contributed by atoms with Crippen LogP contribution < -0.4 is 0 Å². The van der Waals surface area contributed by atoms with Gasteiger partial charge in [-0.1, -0.05) is 0 Å². The zero-order valence-electron chi connectivity index (χ0n) is 14.5. The lowest BCUT2D eigenvalue weighted by Gasteiger charge is -2.32. The molecule has 0 amide bonds. The number of ether oxygens (including phenoxy) is 4. The highest BCUT2D eigenvalue weighted by molar-refractivity contribution is 7.82. The first-order valence-corrected chi connectivity index (χ1v) is 9.49. The van der Waals surface area contributed by atoms with Crippen LogP contribution >= 0.6 is 50.5 Å². The van der Waals surface area contributed by atoms with E-state index in [0.29, 0.717) is 0 Å². The molecule has 29 heavy (non-hydrogen) atoms. The molecule has 0 radical (unpaired) electrons. The van der Waals surface area contributed by atoms with Gasteiger partial charge in [-0.3, -0.25) is 0 Å². The summed E-state index contributed by atoms with van der Waals surface area (Å²) in [5, 5.41) is 36.4. The van der Waals surface area contributed by atoms with Gasteiger partial charge in [0, 0.05) is 0 Å². The van der Waals surface area contributed by atoms with Gasteiger partial charge in [0.1, 0.15) is 31.8 Å². The molecule has 4 atom stereocenters. The molecule has 0 bridgehead atoms. The molecular weight excluding hydrogens is 476 g/mol. The summed E-state index contributed by atoms with van der Waals surface area (Å²) in [6.45, 7) is -3.03. The fraction of sp³-hybridized carbons (Fsp3) is 0.692. The van der Waals surface area contributed by atoms with Crippen LogP contribution in [0.25, 0.3) is 0 Å². The van der Waals surface area contributed by atoms with Crippen LogP contribution in [0.3, 0.4) is 0 Å². The van der Waals surface area contributed by atoms with Crippen molar-refractivity contribution in [1.29, 1.82) is 0 Å². The van der Waals surface area contributed by atoms with E-state index in [2.05, 4.69) is 50.5 Å². The summed E-state index contributed by atoms with van der Waals surface area (Å²) < 4.78 is 19.1. The highest BCUT2D eigenvalue weighted by atomic mass is 32.1. The van der Waals surface area contributed by atoms with Gasteiger partial charge in [0.15, 0.2) is 21.7 Å². The number of esters is 4. The van der Waals surface area contributed by atoms with Crippen LogP contribution in [0.4, 0.5) is 0 Å². The maximum atomic E-state index is 11.5. The smallest absolute Gasteiger partial charge is 0.345 e. The standard InChI is InChI=1S/C13H20O12S4/c14-5(9(18)26)22-1-13(2-23-6(15)10(19)27,3-24-7(16)11(20)28)4-25-8(17)12(21)29/h9-12,18-21,26-29H,1-4H2. The Bertz CT molecular complexity index is 479. The molecule has 0 fully saturated rings. The molecule has 168 valence electrons. The normalized spacial score (nSPS) is 17.1. The minimum atomic E-state index is -1.84. The Morgan fingerprint density at radius 3 is 0.862 bits per heavy atom. The van der Waals surface area contributed by atoms with Gasteiger partial charge < -0.3 is 39.4 Å². The van der Waals surface area contributed by atoms with E-state index in [-0.39, 0.29) is 0 Å². The summed E-state index contributed by atoms with van der Waals surface area (Å²) >= 11 is 13.8. The summed E-state index contributed by atoms with van der Waals surface area (Å²) in [5.74, 6) is -4.95. The lowest BCUT2D eigenvalue weighted by Crippen LogP contribution is -2.45. The van der Waals surface area contributed by atoms with Crippen molar-refractivity contribution >= 4 is 74.4 Å². The van der Waals surface area contributed by atoms with E-state index in [1.54, 1.807) is 0 Å². The Morgan fingerprint density at radius 1 is 0.552 bits per heavy atom. The molecule has 16 heteroatoms. The molecule has 0 heterocycles. The van der Waals surface area contributed by atoms with Crippen molar-refractivity contribution in [2.45, 2.75) is 21.7 Å². The van der Waals surface area contributed by atoms with Gasteiger partial charge >= 0.3 is 23.9 Å². The van der Waals surface area contributed by atoms with E-state index in [9.17, 15) is 19.2 Å². The predicted octanol–water partition coefficient (Wildman–Crippen LogP) is -2.86. The number of carbonyl (C=O) groups excluding carboxylic acids is 4. The van der Waals surface area contributed by atoms with Crippen molar-refractivity contribution in [1.82, 2.24) is 0 Å². The van der Waals surface area contributed by atoms with Crippen molar-refractivity contribution in [3.05, 3.63) is 0 Å². The van der Waals surface area contributed by atoms with Gasteiger partial charge in [-0.15, -0.1) is 50.5 Å². The van der Waals surface area contributed by atoms with Crippen LogP contribution in [0, 0.1) is 5.41 Å². The number of aliphatic hydroxyl groups is 4. The van der Waals surface area contributed by atoms with E-state index in [1.807, 2.05) is 0 Å². The molecule has 0 aliphatic rings. The second kappa shape index (κ2) is 13.4. The Hall–Kier alpha value is -0.880. The van der Waals surface area contributed by atoms with Gasteiger partial charge in [0.2, 0.25) is 0 Å². The first kappa shape index (κ1) is 28.1. The molecule has 0 spiro atoms. The minimum absolute atomic E-state index is 0.759. The fourth-order valence-corrected chi connectivity index (χ4v) is 1.74. The largest absolute Gasteiger partial charge is 0.462 e. The monoisotopic (exact) mass is 496 g/mol. The highest BCUT2D eigenvalue weighted by Gasteiger charge is 2.39. The van der Waals surface area contributed by atoms with Crippen molar-refractivity contribution in [3.8, 4) is 0 Å². The van der Waals surface area contributed by atoms with E-state index in [4.69, 9.17) is 39.4 Å². The second-order valence-corrected chi connectivity index (χ2v) is 7.38. The molecule has 0 aliphatic carbocycles. The van der Waals surface area contributed by atoms with Gasteiger partial charge in [-0.2, -0.15) is 0 Å². The van der Waals surface area contributed by atoms with Crippen LogP contribution in [0.15, 0.2) is 0 Å². The van der Waals surface area contributed by atoms with Crippen LogP contribution in [0.2, 0.25) is 0 Å². The molecule has 4 N–H and O–H groups in total. The Balaban J connectivity index is 5.58. The molecule has 12 nitrogen and oxygen atoms in total. The zero-order valence-corrected chi connectivity index (χ0v) is 18.1. The SMILES string of the molecule is O=C(OCC(COC(=O)C(O)S)(COC(=O)C(O)S)COC(=O)C(O)S)C(O)S. The predicted molar refractivity (Wildman–Crippen MR) is 106 cm³/mol. The number of hydrogen-bond donors (Lipinski definition) is 8. The summed E-state index contributed by atoms with van der Waals surface area (Å²) in [4.78, 5) is 46.0.